The van der Waals surface area contributed by atoms with Crippen LogP contribution < -0.4 is 0 Å². The van der Waals surface area contributed by atoms with Crippen molar-refractivity contribution in [3.8, 4) is 0 Å². The van der Waals surface area contributed by atoms with Crippen LogP contribution in [0.4, 0.5) is 0 Å². The van der Waals surface area contributed by atoms with E-state index in [0.717, 1.165) is 0 Å². The maximum absolute atomic E-state index is 6.44. The first-order valence-corrected chi connectivity index (χ1v) is 16.0. The predicted molar refractivity (Wildman–Crippen MR) is 98.3 cm³/mol. The SMILES string of the molecule is C.C.CCC[Si](C)(C)O[Si](C)(C)O[Si](C)(C)CCC. The molecule has 19 heavy (non-hydrogen) atoms. The third-order valence-electron chi connectivity index (χ3n) is 2.75. The van der Waals surface area contributed by atoms with Gasteiger partial charge in [-0.2, -0.15) is 0 Å². The average Bonchev–Trinajstić information content (AvgIpc) is 1.96. The standard InChI is InChI=1S/C12H32O2Si3.2CH4/c1-9-11-15(3,4)13-17(7,8)14-16(5,6)12-10-2;;/h9-12H2,1-8H3;2*1H4. The highest BCUT2D eigenvalue weighted by atomic mass is 28.5. The summed E-state index contributed by atoms with van der Waals surface area (Å²) in [6.07, 6.45) is 2.44. The van der Waals surface area contributed by atoms with E-state index in [4.69, 9.17) is 8.23 Å². The topological polar surface area (TPSA) is 18.5 Å². The Bertz CT molecular complexity index is 207. The van der Waals surface area contributed by atoms with Gasteiger partial charge in [0.25, 0.3) is 0 Å². The van der Waals surface area contributed by atoms with Crippen molar-refractivity contribution in [3.63, 3.8) is 0 Å². The normalized spacial score (nSPS) is 12.6. The Morgan fingerprint density at radius 1 is 0.632 bits per heavy atom. The molecule has 0 spiro atoms. The third kappa shape index (κ3) is 12.1. The zero-order valence-electron chi connectivity index (χ0n) is 13.1. The summed E-state index contributed by atoms with van der Waals surface area (Å²) in [5.41, 5.74) is 0. The van der Waals surface area contributed by atoms with Crippen LogP contribution in [0.3, 0.4) is 0 Å². The molecule has 0 aromatic carbocycles. The van der Waals surface area contributed by atoms with E-state index in [9.17, 15) is 0 Å². The fourth-order valence-corrected chi connectivity index (χ4v) is 17.1. The third-order valence-corrected chi connectivity index (χ3v) is 14.5. The molecule has 0 saturated heterocycles. The molecule has 0 aliphatic heterocycles. The Morgan fingerprint density at radius 2 is 0.895 bits per heavy atom. The maximum atomic E-state index is 6.44. The molecule has 120 valence electrons. The van der Waals surface area contributed by atoms with Gasteiger partial charge in [0.15, 0.2) is 16.6 Å². The van der Waals surface area contributed by atoms with Crippen LogP contribution >= 0.6 is 0 Å². The molecule has 0 aromatic heterocycles. The smallest absolute Gasteiger partial charge is 0.311 e. The summed E-state index contributed by atoms with van der Waals surface area (Å²) in [7, 11) is -4.93. The lowest BCUT2D eigenvalue weighted by molar-refractivity contribution is 0.387. The number of hydrogen-bond acceptors (Lipinski definition) is 2. The quantitative estimate of drug-likeness (QED) is 0.493. The molecule has 0 fully saturated rings. The van der Waals surface area contributed by atoms with Crippen molar-refractivity contribution in [1.82, 2.24) is 0 Å². The summed E-state index contributed by atoms with van der Waals surface area (Å²) >= 11 is 0. The lowest BCUT2D eigenvalue weighted by atomic mass is 10.6. The van der Waals surface area contributed by atoms with E-state index in [0.29, 0.717) is 0 Å². The molecule has 0 radical (unpaired) electrons. The summed E-state index contributed by atoms with van der Waals surface area (Å²) in [6.45, 7) is 18.2. The molecular formula is C14H40O2Si3. The summed E-state index contributed by atoms with van der Waals surface area (Å²) < 4.78 is 12.9. The summed E-state index contributed by atoms with van der Waals surface area (Å²) in [6, 6.07) is 2.48. The van der Waals surface area contributed by atoms with Gasteiger partial charge in [0.1, 0.15) is 0 Å². The molecule has 0 aliphatic carbocycles. The minimum atomic E-state index is -1.93. The zero-order valence-corrected chi connectivity index (χ0v) is 16.1. The molecule has 0 aromatic rings. The van der Waals surface area contributed by atoms with Gasteiger partial charge in [-0.3, -0.25) is 0 Å². The molecule has 0 heterocycles. The summed E-state index contributed by atoms with van der Waals surface area (Å²) in [4.78, 5) is 0. The van der Waals surface area contributed by atoms with Crippen LogP contribution in [0.15, 0.2) is 0 Å². The van der Waals surface area contributed by atoms with Crippen LogP contribution in [-0.4, -0.2) is 25.2 Å². The summed E-state index contributed by atoms with van der Waals surface area (Å²) in [5, 5.41) is 0. The van der Waals surface area contributed by atoms with Gasteiger partial charge >= 0.3 is 8.56 Å². The minimum absolute atomic E-state index is 0. The van der Waals surface area contributed by atoms with Crippen molar-refractivity contribution < 1.29 is 8.23 Å². The van der Waals surface area contributed by atoms with Crippen LogP contribution in [0.1, 0.15) is 41.5 Å². The molecule has 0 saturated carbocycles. The number of hydrogen-bond donors (Lipinski definition) is 0. The molecule has 0 atom stereocenters. The first-order valence-electron chi connectivity index (χ1n) is 6.94. The van der Waals surface area contributed by atoms with Crippen molar-refractivity contribution in [2.24, 2.45) is 0 Å². The fraction of sp³-hybridized carbons (Fsp3) is 1.00. The van der Waals surface area contributed by atoms with Crippen LogP contribution in [0.2, 0.25) is 51.4 Å². The maximum Gasteiger partial charge on any atom is 0.311 e. The largest absolute Gasteiger partial charge is 0.437 e. The van der Waals surface area contributed by atoms with Crippen molar-refractivity contribution >= 4 is 25.2 Å². The van der Waals surface area contributed by atoms with Crippen LogP contribution in [0.25, 0.3) is 0 Å². The minimum Gasteiger partial charge on any atom is -0.437 e. The van der Waals surface area contributed by atoms with Gasteiger partial charge in [-0.25, -0.2) is 0 Å². The van der Waals surface area contributed by atoms with Crippen LogP contribution in [0.5, 0.6) is 0 Å². The lowest BCUT2D eigenvalue weighted by Gasteiger charge is -2.38. The molecule has 2 nitrogen and oxygen atoms in total. The van der Waals surface area contributed by atoms with Gasteiger partial charge in [-0.15, -0.1) is 0 Å². The fourth-order valence-electron chi connectivity index (χ4n) is 2.66. The van der Waals surface area contributed by atoms with Gasteiger partial charge < -0.3 is 8.23 Å². The van der Waals surface area contributed by atoms with Crippen molar-refractivity contribution in [1.29, 1.82) is 0 Å². The molecular weight excluding hydrogens is 284 g/mol. The van der Waals surface area contributed by atoms with Crippen molar-refractivity contribution in [2.75, 3.05) is 0 Å². The van der Waals surface area contributed by atoms with Gasteiger partial charge in [-0.1, -0.05) is 41.5 Å². The monoisotopic (exact) mass is 324 g/mol. The first kappa shape index (κ1) is 24.6. The molecule has 0 rings (SSSR count). The second-order valence-corrected chi connectivity index (χ2v) is 19.1. The summed E-state index contributed by atoms with van der Waals surface area (Å²) in [5.74, 6) is 0. The Balaban J connectivity index is -0.00000128. The molecule has 5 heteroatoms. The second kappa shape index (κ2) is 9.50. The molecule has 0 bridgehead atoms. The second-order valence-electron chi connectivity index (χ2n) is 6.62. The van der Waals surface area contributed by atoms with Gasteiger partial charge in [0, 0.05) is 0 Å². The molecule has 0 aliphatic rings. The van der Waals surface area contributed by atoms with E-state index in [2.05, 4.69) is 53.1 Å². The Hall–Kier alpha value is 0.571. The zero-order chi connectivity index (χ0) is 13.7. The van der Waals surface area contributed by atoms with Crippen LogP contribution in [0, 0.1) is 0 Å². The molecule has 0 unspecified atom stereocenters. The van der Waals surface area contributed by atoms with Gasteiger partial charge in [0.2, 0.25) is 0 Å². The molecule has 0 amide bonds. The Labute approximate surface area is 126 Å². The average molecular weight is 325 g/mol. The Morgan fingerprint density at radius 3 is 1.11 bits per heavy atom. The van der Waals surface area contributed by atoms with E-state index in [1.165, 1.54) is 24.9 Å². The van der Waals surface area contributed by atoms with E-state index in [-0.39, 0.29) is 14.9 Å². The van der Waals surface area contributed by atoms with Gasteiger partial charge in [-0.05, 0) is 51.4 Å². The van der Waals surface area contributed by atoms with E-state index >= 15 is 0 Å². The first-order chi connectivity index (χ1) is 7.54. The predicted octanol–water partition coefficient (Wildman–Crippen LogP) is 6.22. The highest BCUT2D eigenvalue weighted by Gasteiger charge is 2.38. The van der Waals surface area contributed by atoms with E-state index < -0.39 is 25.2 Å². The van der Waals surface area contributed by atoms with Gasteiger partial charge in [0.05, 0.1) is 0 Å². The highest BCUT2D eigenvalue weighted by Crippen LogP contribution is 2.25. The van der Waals surface area contributed by atoms with E-state index in [1.54, 1.807) is 0 Å². The molecule has 0 N–H and O–H groups in total. The Kier molecular flexibility index (Phi) is 12.3. The van der Waals surface area contributed by atoms with Crippen LogP contribution in [-0.2, 0) is 8.23 Å². The number of rotatable bonds is 8. The highest BCUT2D eigenvalue weighted by molar-refractivity contribution is 6.87. The van der Waals surface area contributed by atoms with Crippen molar-refractivity contribution in [2.45, 2.75) is 92.9 Å². The van der Waals surface area contributed by atoms with E-state index in [1.807, 2.05) is 0 Å². The van der Waals surface area contributed by atoms with Crippen molar-refractivity contribution in [3.05, 3.63) is 0 Å². The lowest BCUT2D eigenvalue weighted by Crippen LogP contribution is -2.52.